The van der Waals surface area contributed by atoms with E-state index >= 15 is 0 Å². The van der Waals surface area contributed by atoms with Crippen molar-refractivity contribution in [1.82, 2.24) is 5.32 Å². The first kappa shape index (κ1) is 15.1. The molecule has 1 aromatic carbocycles. The molecule has 102 valence electrons. The van der Waals surface area contributed by atoms with Crippen LogP contribution >= 0.6 is 11.8 Å². The van der Waals surface area contributed by atoms with Gasteiger partial charge in [0, 0.05) is 11.0 Å². The molecule has 1 aromatic rings. The minimum absolute atomic E-state index is 0.0748. The first-order valence-electron chi connectivity index (χ1n) is 5.54. The Labute approximate surface area is 116 Å². The van der Waals surface area contributed by atoms with E-state index in [0.29, 0.717) is 5.75 Å². The summed E-state index contributed by atoms with van der Waals surface area (Å²) in [6.07, 6.45) is 2.44. The maximum absolute atomic E-state index is 11.4. The van der Waals surface area contributed by atoms with Gasteiger partial charge in [0.05, 0.1) is 6.54 Å². The van der Waals surface area contributed by atoms with Crippen LogP contribution in [0, 0.1) is 0 Å². The molecular weight excluding hydrogens is 266 g/mol. The van der Waals surface area contributed by atoms with Gasteiger partial charge in [-0.2, -0.15) is 0 Å². The van der Waals surface area contributed by atoms with Gasteiger partial charge in [-0.15, -0.1) is 11.8 Å². The van der Waals surface area contributed by atoms with E-state index < -0.39 is 12.1 Å². The molecule has 19 heavy (non-hydrogen) atoms. The van der Waals surface area contributed by atoms with Gasteiger partial charge in [0.15, 0.2) is 0 Å². The third-order valence-corrected chi connectivity index (χ3v) is 2.80. The van der Waals surface area contributed by atoms with Crippen LogP contribution in [0.15, 0.2) is 41.8 Å². The Hall–Kier alpha value is -1.95. The quantitative estimate of drug-likeness (QED) is 0.375. The second-order valence-corrected chi connectivity index (χ2v) is 4.24. The topological polar surface area (TPSA) is 64.6 Å². The van der Waals surface area contributed by atoms with Crippen LogP contribution in [-0.4, -0.2) is 31.5 Å². The van der Waals surface area contributed by atoms with Crippen molar-refractivity contribution in [3.8, 4) is 5.75 Å². The molecule has 5 nitrogen and oxygen atoms in total. The lowest BCUT2D eigenvalue weighted by atomic mass is 10.3. The van der Waals surface area contributed by atoms with Crippen molar-refractivity contribution in [3.63, 3.8) is 0 Å². The average molecular weight is 281 g/mol. The van der Waals surface area contributed by atoms with E-state index in [-0.39, 0.29) is 13.2 Å². The Morgan fingerprint density at radius 3 is 2.63 bits per heavy atom. The Balaban J connectivity index is 2.26. The van der Waals surface area contributed by atoms with E-state index in [4.69, 9.17) is 9.47 Å². The van der Waals surface area contributed by atoms with Crippen molar-refractivity contribution in [3.05, 3.63) is 36.9 Å². The second kappa shape index (κ2) is 8.20. The molecule has 0 radical (unpaired) electrons. The summed E-state index contributed by atoms with van der Waals surface area (Å²) in [7, 11) is 0. The number of carbonyl (C=O) groups excluding carboxylic acids is 2. The summed E-state index contributed by atoms with van der Waals surface area (Å²) in [5, 5.41) is 2.46. The zero-order valence-electron chi connectivity index (χ0n) is 10.5. The SMILES string of the molecule is C=CC(=O)OCCNC(=O)Oc1ccc(SC)cc1. The minimum Gasteiger partial charge on any atom is -0.461 e. The van der Waals surface area contributed by atoms with Crippen LogP contribution in [0.2, 0.25) is 0 Å². The van der Waals surface area contributed by atoms with E-state index in [1.54, 1.807) is 23.9 Å². The van der Waals surface area contributed by atoms with Gasteiger partial charge in [-0.25, -0.2) is 9.59 Å². The van der Waals surface area contributed by atoms with Gasteiger partial charge in [0.2, 0.25) is 0 Å². The first-order valence-corrected chi connectivity index (χ1v) is 6.77. The third-order valence-electron chi connectivity index (χ3n) is 2.05. The van der Waals surface area contributed by atoms with Gasteiger partial charge in [-0.05, 0) is 30.5 Å². The summed E-state index contributed by atoms with van der Waals surface area (Å²) in [6.45, 7) is 3.51. The molecule has 6 heteroatoms. The van der Waals surface area contributed by atoms with E-state index in [1.165, 1.54) is 0 Å². The van der Waals surface area contributed by atoms with Crippen LogP contribution in [0.25, 0.3) is 0 Å². The number of ether oxygens (including phenoxy) is 2. The predicted molar refractivity (Wildman–Crippen MR) is 73.4 cm³/mol. The number of hydrogen-bond donors (Lipinski definition) is 1. The Morgan fingerprint density at radius 2 is 2.05 bits per heavy atom. The van der Waals surface area contributed by atoms with Crippen molar-refractivity contribution < 1.29 is 19.1 Å². The number of amides is 1. The molecule has 0 spiro atoms. The molecule has 0 aromatic heterocycles. The van der Waals surface area contributed by atoms with E-state index in [9.17, 15) is 9.59 Å². The Morgan fingerprint density at radius 1 is 1.37 bits per heavy atom. The average Bonchev–Trinajstić information content (AvgIpc) is 2.44. The highest BCUT2D eigenvalue weighted by Crippen LogP contribution is 2.18. The molecule has 0 heterocycles. The first-order chi connectivity index (χ1) is 9.15. The van der Waals surface area contributed by atoms with Gasteiger partial charge in [-0.1, -0.05) is 6.58 Å². The van der Waals surface area contributed by atoms with Gasteiger partial charge in [0.1, 0.15) is 12.4 Å². The highest BCUT2D eigenvalue weighted by atomic mass is 32.2. The fraction of sp³-hybridized carbons (Fsp3) is 0.231. The molecule has 0 unspecified atom stereocenters. The van der Waals surface area contributed by atoms with E-state index in [0.717, 1.165) is 11.0 Å². The molecule has 0 aliphatic carbocycles. The lowest BCUT2D eigenvalue weighted by Gasteiger charge is -2.07. The smallest absolute Gasteiger partial charge is 0.412 e. The van der Waals surface area contributed by atoms with Crippen LogP contribution in [0.1, 0.15) is 0 Å². The zero-order chi connectivity index (χ0) is 14.1. The Bertz CT molecular complexity index is 444. The van der Waals surface area contributed by atoms with Crippen LogP contribution < -0.4 is 10.1 Å². The molecule has 0 fully saturated rings. The number of rotatable bonds is 6. The second-order valence-electron chi connectivity index (χ2n) is 3.36. The largest absolute Gasteiger partial charge is 0.461 e. The van der Waals surface area contributed by atoms with Crippen molar-refractivity contribution in [2.75, 3.05) is 19.4 Å². The summed E-state index contributed by atoms with van der Waals surface area (Å²) >= 11 is 1.61. The van der Waals surface area contributed by atoms with Crippen LogP contribution in [0.4, 0.5) is 4.79 Å². The number of nitrogens with one attached hydrogen (secondary N) is 1. The zero-order valence-corrected chi connectivity index (χ0v) is 11.4. The number of hydrogen-bond acceptors (Lipinski definition) is 5. The standard InChI is InChI=1S/C13H15NO4S/c1-3-12(15)17-9-8-14-13(16)18-10-4-6-11(19-2)7-5-10/h3-7H,1,8-9H2,2H3,(H,14,16). The van der Waals surface area contributed by atoms with Crippen LogP contribution in [-0.2, 0) is 9.53 Å². The number of esters is 1. The van der Waals surface area contributed by atoms with Gasteiger partial charge in [-0.3, -0.25) is 0 Å². The summed E-state index contributed by atoms with van der Waals surface area (Å²) < 4.78 is 9.72. The highest BCUT2D eigenvalue weighted by molar-refractivity contribution is 7.98. The summed E-state index contributed by atoms with van der Waals surface area (Å²) in [5.74, 6) is -0.0683. The van der Waals surface area contributed by atoms with E-state index in [2.05, 4.69) is 11.9 Å². The minimum atomic E-state index is -0.591. The fourth-order valence-corrected chi connectivity index (χ4v) is 1.56. The molecule has 1 rings (SSSR count). The predicted octanol–water partition coefficient (Wildman–Crippen LogP) is 2.23. The third kappa shape index (κ3) is 5.96. The van der Waals surface area contributed by atoms with Crippen LogP contribution in [0.3, 0.4) is 0 Å². The lowest BCUT2D eigenvalue weighted by Crippen LogP contribution is -2.30. The van der Waals surface area contributed by atoms with Crippen molar-refractivity contribution in [2.24, 2.45) is 0 Å². The maximum atomic E-state index is 11.4. The number of carbonyl (C=O) groups is 2. The molecule has 0 bridgehead atoms. The summed E-state index contributed by atoms with van der Waals surface area (Å²) in [4.78, 5) is 23.2. The molecular formula is C13H15NO4S. The summed E-state index contributed by atoms with van der Waals surface area (Å²) in [5.41, 5.74) is 0. The van der Waals surface area contributed by atoms with Crippen molar-refractivity contribution >= 4 is 23.8 Å². The van der Waals surface area contributed by atoms with E-state index in [1.807, 2.05) is 18.4 Å². The monoisotopic (exact) mass is 281 g/mol. The van der Waals surface area contributed by atoms with Gasteiger partial charge >= 0.3 is 12.1 Å². The molecule has 0 aliphatic heterocycles. The molecule has 1 N–H and O–H groups in total. The molecule has 0 atom stereocenters. The van der Waals surface area contributed by atoms with Crippen molar-refractivity contribution in [2.45, 2.75) is 4.90 Å². The maximum Gasteiger partial charge on any atom is 0.412 e. The van der Waals surface area contributed by atoms with Crippen molar-refractivity contribution in [1.29, 1.82) is 0 Å². The van der Waals surface area contributed by atoms with Gasteiger partial charge in [0.25, 0.3) is 0 Å². The fourth-order valence-electron chi connectivity index (χ4n) is 1.15. The lowest BCUT2D eigenvalue weighted by molar-refractivity contribution is -0.137. The van der Waals surface area contributed by atoms with Gasteiger partial charge < -0.3 is 14.8 Å². The normalized spacial score (nSPS) is 9.53. The molecule has 1 amide bonds. The van der Waals surface area contributed by atoms with Crippen LogP contribution in [0.5, 0.6) is 5.75 Å². The Kier molecular flexibility index (Phi) is 6.52. The number of benzene rings is 1. The molecule has 0 saturated carbocycles. The summed E-state index contributed by atoms with van der Waals surface area (Å²) in [6, 6.07) is 7.14. The highest BCUT2D eigenvalue weighted by Gasteiger charge is 2.04. The molecule has 0 aliphatic rings. The molecule has 0 saturated heterocycles. The number of thioether (sulfide) groups is 1.